The zero-order valence-corrected chi connectivity index (χ0v) is 7.41. The second-order valence-electron chi connectivity index (χ2n) is 3.06. The maximum Gasteiger partial charge on any atom is 0.0504 e. The number of hydrogen-bond donors (Lipinski definition) is 0. The second kappa shape index (κ2) is 2.91. The van der Waals surface area contributed by atoms with Crippen LogP contribution in [0.3, 0.4) is 0 Å². The number of rotatable bonds is 0. The summed E-state index contributed by atoms with van der Waals surface area (Å²) in [6.45, 7) is 2.06. The van der Waals surface area contributed by atoms with Crippen LogP contribution in [0.5, 0.6) is 0 Å². The summed E-state index contributed by atoms with van der Waals surface area (Å²) in [6.07, 6.45) is 8.93. The Morgan fingerprint density at radius 2 is 2.15 bits per heavy atom. The van der Waals surface area contributed by atoms with Crippen molar-refractivity contribution in [3.63, 3.8) is 0 Å². The van der Waals surface area contributed by atoms with E-state index in [0.717, 1.165) is 16.3 Å². The summed E-state index contributed by atoms with van der Waals surface area (Å²) in [5, 5.41) is 2.21. The van der Waals surface area contributed by atoms with Gasteiger partial charge in [0.1, 0.15) is 0 Å². The molecule has 0 radical (unpaired) electrons. The van der Waals surface area contributed by atoms with Crippen LogP contribution in [0.25, 0.3) is 10.8 Å². The van der Waals surface area contributed by atoms with Crippen LogP contribution in [0, 0.1) is 19.3 Å². The molecule has 0 unspecified atom stereocenters. The van der Waals surface area contributed by atoms with Crippen LogP contribution in [-0.4, -0.2) is 4.98 Å². The molecule has 0 atom stereocenters. The molecule has 1 heteroatoms. The van der Waals surface area contributed by atoms with E-state index < -0.39 is 0 Å². The molecule has 13 heavy (non-hydrogen) atoms. The van der Waals surface area contributed by atoms with Gasteiger partial charge >= 0.3 is 0 Å². The van der Waals surface area contributed by atoms with Gasteiger partial charge in [-0.05, 0) is 6.92 Å². The van der Waals surface area contributed by atoms with E-state index >= 15 is 0 Å². The lowest BCUT2D eigenvalue weighted by Crippen LogP contribution is -1.83. The lowest BCUT2D eigenvalue weighted by molar-refractivity contribution is 1.34. The Balaban J connectivity index is 2.89. The average molecular weight is 167 g/mol. The van der Waals surface area contributed by atoms with Crippen LogP contribution in [-0.2, 0) is 0 Å². The second-order valence-corrected chi connectivity index (χ2v) is 3.06. The highest BCUT2D eigenvalue weighted by Gasteiger charge is 1.98. The zero-order valence-electron chi connectivity index (χ0n) is 7.41. The molecule has 1 heterocycles. The number of terminal acetylenes is 1. The molecule has 0 bridgehead atoms. The Hall–Kier alpha value is -1.81. The van der Waals surface area contributed by atoms with E-state index in [1.54, 1.807) is 6.20 Å². The molecule has 0 fully saturated rings. The molecule has 0 aliphatic carbocycles. The van der Waals surface area contributed by atoms with Crippen LogP contribution < -0.4 is 0 Å². The van der Waals surface area contributed by atoms with Gasteiger partial charge in [0, 0.05) is 23.2 Å². The fraction of sp³-hybridized carbons (Fsp3) is 0.0833. The Bertz CT molecular complexity index is 492. The van der Waals surface area contributed by atoms with Crippen molar-refractivity contribution in [1.29, 1.82) is 0 Å². The minimum Gasteiger partial charge on any atom is -0.263 e. The summed E-state index contributed by atoms with van der Waals surface area (Å²) in [7, 11) is 0. The summed E-state index contributed by atoms with van der Waals surface area (Å²) in [4.78, 5) is 4.07. The maximum absolute atomic E-state index is 5.38. The highest BCUT2D eigenvalue weighted by atomic mass is 14.6. The monoisotopic (exact) mass is 167 g/mol. The Morgan fingerprint density at radius 3 is 2.92 bits per heavy atom. The minimum atomic E-state index is 0.862. The number of benzene rings is 1. The van der Waals surface area contributed by atoms with E-state index in [-0.39, 0.29) is 0 Å². The standard InChI is InChI=1S/C12H9N/c1-3-10-7-13-8-11-5-4-9(2)6-12(10)11/h1,4-8H,2H3. The summed E-state index contributed by atoms with van der Waals surface area (Å²) < 4.78 is 0. The minimum absolute atomic E-state index is 0.862. The summed E-state index contributed by atoms with van der Waals surface area (Å²) >= 11 is 0. The molecule has 62 valence electrons. The summed E-state index contributed by atoms with van der Waals surface area (Å²) in [6, 6.07) is 6.19. The molecule has 1 aromatic carbocycles. The third-order valence-corrected chi connectivity index (χ3v) is 2.07. The normalized spacial score (nSPS) is 9.85. The van der Waals surface area contributed by atoms with Crippen molar-refractivity contribution >= 4 is 10.8 Å². The third-order valence-electron chi connectivity index (χ3n) is 2.07. The number of fused-ring (bicyclic) bond motifs is 1. The molecule has 0 aliphatic rings. The smallest absolute Gasteiger partial charge is 0.0504 e. The van der Waals surface area contributed by atoms with Crippen molar-refractivity contribution in [2.75, 3.05) is 0 Å². The van der Waals surface area contributed by atoms with Crippen LogP contribution in [0.4, 0.5) is 0 Å². The van der Waals surface area contributed by atoms with Gasteiger partial charge in [-0.2, -0.15) is 0 Å². The molecule has 0 N–H and O–H groups in total. The molecule has 2 rings (SSSR count). The van der Waals surface area contributed by atoms with Gasteiger partial charge in [0.05, 0.1) is 5.56 Å². The zero-order chi connectivity index (χ0) is 9.26. The lowest BCUT2D eigenvalue weighted by Gasteiger charge is -2.00. The van der Waals surface area contributed by atoms with Crippen LogP contribution in [0.1, 0.15) is 11.1 Å². The van der Waals surface area contributed by atoms with Gasteiger partial charge in [0.25, 0.3) is 0 Å². The van der Waals surface area contributed by atoms with E-state index in [2.05, 4.69) is 30.0 Å². The van der Waals surface area contributed by atoms with Crippen LogP contribution in [0.2, 0.25) is 0 Å². The molecule has 0 amide bonds. The number of aromatic nitrogens is 1. The van der Waals surface area contributed by atoms with Gasteiger partial charge in [0.15, 0.2) is 0 Å². The van der Waals surface area contributed by atoms with E-state index in [1.807, 2.05) is 12.3 Å². The van der Waals surface area contributed by atoms with Gasteiger partial charge in [0.2, 0.25) is 0 Å². The van der Waals surface area contributed by atoms with Crippen molar-refractivity contribution in [1.82, 2.24) is 4.98 Å². The van der Waals surface area contributed by atoms with Gasteiger partial charge in [-0.3, -0.25) is 4.98 Å². The molecule has 0 spiro atoms. The largest absolute Gasteiger partial charge is 0.263 e. The summed E-state index contributed by atoms with van der Waals surface area (Å²) in [5.41, 5.74) is 2.08. The molecular weight excluding hydrogens is 158 g/mol. The first kappa shape index (κ1) is 7.82. The van der Waals surface area contributed by atoms with E-state index in [9.17, 15) is 0 Å². The average Bonchev–Trinajstić information content (AvgIpc) is 2.17. The Morgan fingerprint density at radius 1 is 1.31 bits per heavy atom. The van der Waals surface area contributed by atoms with Crippen LogP contribution >= 0.6 is 0 Å². The lowest BCUT2D eigenvalue weighted by atomic mass is 10.1. The maximum atomic E-state index is 5.38. The van der Waals surface area contributed by atoms with Gasteiger partial charge in [-0.1, -0.05) is 29.7 Å². The van der Waals surface area contributed by atoms with Crippen molar-refractivity contribution in [2.45, 2.75) is 6.92 Å². The number of nitrogens with zero attached hydrogens (tertiary/aromatic N) is 1. The fourth-order valence-electron chi connectivity index (χ4n) is 1.39. The molecule has 0 saturated carbocycles. The van der Waals surface area contributed by atoms with E-state index in [1.165, 1.54) is 5.56 Å². The predicted molar refractivity (Wildman–Crippen MR) is 54.4 cm³/mol. The predicted octanol–water partition coefficient (Wildman–Crippen LogP) is 2.52. The SMILES string of the molecule is C#Cc1cncc2ccc(C)cc12. The highest BCUT2D eigenvalue weighted by molar-refractivity contribution is 5.87. The van der Waals surface area contributed by atoms with Crippen LogP contribution in [0.15, 0.2) is 30.6 Å². The summed E-state index contributed by atoms with van der Waals surface area (Å²) in [5.74, 6) is 2.63. The van der Waals surface area contributed by atoms with E-state index in [0.29, 0.717) is 0 Å². The number of hydrogen-bond acceptors (Lipinski definition) is 1. The Labute approximate surface area is 77.4 Å². The molecule has 1 nitrogen and oxygen atoms in total. The van der Waals surface area contributed by atoms with Gasteiger partial charge < -0.3 is 0 Å². The molecule has 0 saturated heterocycles. The third kappa shape index (κ3) is 1.27. The molecule has 2 aromatic rings. The molecule has 1 aromatic heterocycles. The number of aryl methyl sites for hydroxylation is 1. The Kier molecular flexibility index (Phi) is 1.75. The first-order valence-corrected chi connectivity index (χ1v) is 4.12. The fourth-order valence-corrected chi connectivity index (χ4v) is 1.39. The first-order chi connectivity index (χ1) is 6.31. The van der Waals surface area contributed by atoms with Crippen molar-refractivity contribution in [2.24, 2.45) is 0 Å². The molecule has 0 aliphatic heterocycles. The van der Waals surface area contributed by atoms with Crippen molar-refractivity contribution in [3.05, 3.63) is 41.7 Å². The van der Waals surface area contributed by atoms with Crippen molar-refractivity contribution in [3.8, 4) is 12.3 Å². The first-order valence-electron chi connectivity index (χ1n) is 4.12. The topological polar surface area (TPSA) is 12.9 Å². The van der Waals surface area contributed by atoms with E-state index in [4.69, 9.17) is 6.42 Å². The van der Waals surface area contributed by atoms with Gasteiger partial charge in [-0.25, -0.2) is 0 Å². The van der Waals surface area contributed by atoms with Gasteiger partial charge in [-0.15, -0.1) is 6.42 Å². The quantitative estimate of drug-likeness (QED) is 0.549. The highest BCUT2D eigenvalue weighted by Crippen LogP contribution is 2.17. The number of pyridine rings is 1. The molecular formula is C12H9N. The van der Waals surface area contributed by atoms with Crippen molar-refractivity contribution < 1.29 is 0 Å².